The number of phenols is 1. The van der Waals surface area contributed by atoms with Crippen LogP contribution in [0.1, 0.15) is 5.56 Å². The molecule has 0 saturated carbocycles. The van der Waals surface area contributed by atoms with Crippen LogP contribution in [-0.2, 0) is 6.54 Å². The number of aromatic hydroxyl groups is 1. The topological polar surface area (TPSA) is 41.5 Å². The summed E-state index contributed by atoms with van der Waals surface area (Å²) in [5, 5.41) is 12.9. The van der Waals surface area contributed by atoms with Crippen LogP contribution < -0.4 is 10.1 Å². The second-order valence-electron chi connectivity index (χ2n) is 3.86. The van der Waals surface area contributed by atoms with Crippen molar-refractivity contribution < 1.29 is 14.2 Å². The first kappa shape index (κ1) is 12.2. The maximum atomic E-state index is 12.7. The van der Waals surface area contributed by atoms with E-state index in [1.54, 1.807) is 37.4 Å². The van der Waals surface area contributed by atoms with Gasteiger partial charge in [0.15, 0.2) is 0 Å². The quantitative estimate of drug-likeness (QED) is 0.872. The lowest BCUT2D eigenvalue weighted by Crippen LogP contribution is -1.99. The average Bonchev–Trinajstić information content (AvgIpc) is 2.39. The minimum absolute atomic E-state index is 0.170. The molecule has 0 spiro atoms. The summed E-state index contributed by atoms with van der Waals surface area (Å²) in [5.41, 5.74) is 1.55. The van der Waals surface area contributed by atoms with Gasteiger partial charge in [0.05, 0.1) is 7.11 Å². The third-order valence-electron chi connectivity index (χ3n) is 2.62. The Morgan fingerprint density at radius 1 is 1.17 bits per heavy atom. The normalized spacial score (nSPS) is 10.1. The molecule has 2 aromatic rings. The van der Waals surface area contributed by atoms with Crippen LogP contribution in [0.2, 0.25) is 0 Å². The van der Waals surface area contributed by atoms with Gasteiger partial charge in [0.2, 0.25) is 0 Å². The zero-order valence-corrected chi connectivity index (χ0v) is 9.98. The fourth-order valence-electron chi connectivity index (χ4n) is 1.59. The van der Waals surface area contributed by atoms with Crippen LogP contribution in [0.3, 0.4) is 0 Å². The Morgan fingerprint density at radius 3 is 2.50 bits per heavy atom. The highest BCUT2D eigenvalue weighted by atomic mass is 19.1. The maximum Gasteiger partial charge on any atom is 0.124 e. The smallest absolute Gasteiger partial charge is 0.124 e. The summed E-state index contributed by atoms with van der Waals surface area (Å²) in [5.74, 6) is 0.509. The van der Waals surface area contributed by atoms with Gasteiger partial charge in [0.25, 0.3) is 0 Å². The SMILES string of the molecule is COc1ccc(CNc2ccc(F)cc2)c(O)c1. The molecule has 4 heteroatoms. The first-order valence-corrected chi connectivity index (χ1v) is 5.54. The molecule has 2 aromatic carbocycles. The molecular formula is C14H14FNO2. The lowest BCUT2D eigenvalue weighted by Gasteiger charge is -2.09. The Labute approximate surface area is 105 Å². The molecule has 0 aliphatic rings. The van der Waals surface area contributed by atoms with Gasteiger partial charge in [-0.1, -0.05) is 0 Å². The van der Waals surface area contributed by atoms with Crippen LogP contribution in [0, 0.1) is 5.82 Å². The first-order valence-electron chi connectivity index (χ1n) is 5.54. The Kier molecular flexibility index (Phi) is 3.67. The van der Waals surface area contributed by atoms with Crippen molar-refractivity contribution in [2.45, 2.75) is 6.54 Å². The van der Waals surface area contributed by atoms with E-state index in [0.29, 0.717) is 12.3 Å². The number of hydrogen-bond donors (Lipinski definition) is 2. The van der Waals surface area contributed by atoms with Gasteiger partial charge in [-0.3, -0.25) is 0 Å². The summed E-state index contributed by atoms with van der Waals surface area (Å²) in [6, 6.07) is 11.2. The molecule has 18 heavy (non-hydrogen) atoms. The molecule has 0 unspecified atom stereocenters. The summed E-state index contributed by atoms with van der Waals surface area (Å²) in [6.07, 6.45) is 0. The van der Waals surface area contributed by atoms with Crippen molar-refractivity contribution in [1.29, 1.82) is 0 Å². The monoisotopic (exact) mass is 247 g/mol. The van der Waals surface area contributed by atoms with Crippen LogP contribution >= 0.6 is 0 Å². The molecule has 0 fully saturated rings. The van der Waals surface area contributed by atoms with Crippen molar-refractivity contribution >= 4 is 5.69 Å². The van der Waals surface area contributed by atoms with E-state index >= 15 is 0 Å². The first-order chi connectivity index (χ1) is 8.69. The van der Waals surface area contributed by atoms with Crippen molar-refractivity contribution in [1.82, 2.24) is 0 Å². The lowest BCUT2D eigenvalue weighted by atomic mass is 10.2. The molecule has 0 aromatic heterocycles. The summed E-state index contributed by atoms with van der Waals surface area (Å²) in [4.78, 5) is 0. The molecular weight excluding hydrogens is 233 g/mol. The van der Waals surface area contributed by atoms with Crippen molar-refractivity contribution in [2.75, 3.05) is 12.4 Å². The third-order valence-corrected chi connectivity index (χ3v) is 2.62. The van der Waals surface area contributed by atoms with Crippen molar-refractivity contribution in [3.63, 3.8) is 0 Å². The van der Waals surface area contributed by atoms with Gasteiger partial charge in [-0.05, 0) is 36.4 Å². The Hall–Kier alpha value is -2.23. The van der Waals surface area contributed by atoms with Gasteiger partial charge in [-0.25, -0.2) is 4.39 Å². The second-order valence-corrected chi connectivity index (χ2v) is 3.86. The van der Waals surface area contributed by atoms with Crippen molar-refractivity contribution in [3.05, 3.63) is 53.8 Å². The maximum absolute atomic E-state index is 12.7. The number of phenolic OH excluding ortho intramolecular Hbond substituents is 1. The molecule has 0 aliphatic heterocycles. The van der Waals surface area contributed by atoms with Crippen molar-refractivity contribution in [2.24, 2.45) is 0 Å². The van der Waals surface area contributed by atoms with Gasteiger partial charge in [0.1, 0.15) is 17.3 Å². The summed E-state index contributed by atoms with van der Waals surface area (Å²) in [7, 11) is 1.55. The average molecular weight is 247 g/mol. The molecule has 2 N–H and O–H groups in total. The van der Waals surface area contributed by atoms with Gasteiger partial charge in [-0.15, -0.1) is 0 Å². The predicted molar refractivity (Wildman–Crippen MR) is 68.4 cm³/mol. The van der Waals surface area contributed by atoms with Crippen LogP contribution in [-0.4, -0.2) is 12.2 Å². The van der Waals surface area contributed by atoms with E-state index in [1.165, 1.54) is 12.1 Å². The Morgan fingerprint density at radius 2 is 1.89 bits per heavy atom. The fraction of sp³-hybridized carbons (Fsp3) is 0.143. The highest BCUT2D eigenvalue weighted by Gasteiger charge is 2.03. The van der Waals surface area contributed by atoms with Crippen LogP contribution in [0.25, 0.3) is 0 Å². The lowest BCUT2D eigenvalue weighted by molar-refractivity contribution is 0.406. The number of anilines is 1. The molecule has 0 heterocycles. The third kappa shape index (κ3) is 2.91. The summed E-state index contributed by atoms with van der Waals surface area (Å²) >= 11 is 0. The molecule has 3 nitrogen and oxygen atoms in total. The standard InChI is InChI=1S/C14H14FNO2/c1-18-13-7-2-10(14(17)8-13)9-16-12-5-3-11(15)4-6-12/h2-8,16-17H,9H2,1H3. The van der Waals surface area contributed by atoms with E-state index < -0.39 is 0 Å². The number of rotatable bonds is 4. The van der Waals surface area contributed by atoms with E-state index in [9.17, 15) is 9.50 Å². The Bertz CT molecular complexity index is 526. The highest BCUT2D eigenvalue weighted by molar-refractivity contribution is 5.46. The predicted octanol–water partition coefficient (Wildman–Crippen LogP) is 3.15. The Balaban J connectivity index is 2.04. The van der Waals surface area contributed by atoms with E-state index in [1.807, 2.05) is 0 Å². The summed E-state index contributed by atoms with van der Waals surface area (Å²) in [6.45, 7) is 0.460. The molecule has 0 saturated heterocycles. The number of methoxy groups -OCH3 is 1. The molecule has 0 radical (unpaired) electrons. The van der Waals surface area contributed by atoms with E-state index in [-0.39, 0.29) is 11.6 Å². The number of hydrogen-bond acceptors (Lipinski definition) is 3. The van der Waals surface area contributed by atoms with Gasteiger partial charge in [-0.2, -0.15) is 0 Å². The highest BCUT2D eigenvalue weighted by Crippen LogP contribution is 2.24. The number of halogens is 1. The van der Waals surface area contributed by atoms with Crippen LogP contribution in [0.15, 0.2) is 42.5 Å². The van der Waals surface area contributed by atoms with Gasteiger partial charge in [0, 0.05) is 23.9 Å². The molecule has 0 amide bonds. The molecule has 0 atom stereocenters. The number of ether oxygens (including phenoxy) is 1. The van der Waals surface area contributed by atoms with E-state index in [0.717, 1.165) is 11.3 Å². The summed E-state index contributed by atoms with van der Waals surface area (Å²) < 4.78 is 17.7. The molecule has 0 aliphatic carbocycles. The molecule has 94 valence electrons. The van der Waals surface area contributed by atoms with Crippen LogP contribution in [0.4, 0.5) is 10.1 Å². The van der Waals surface area contributed by atoms with E-state index in [4.69, 9.17) is 4.74 Å². The van der Waals surface area contributed by atoms with Crippen molar-refractivity contribution in [3.8, 4) is 11.5 Å². The van der Waals surface area contributed by atoms with Gasteiger partial charge >= 0.3 is 0 Å². The molecule has 2 rings (SSSR count). The van der Waals surface area contributed by atoms with Crippen LogP contribution in [0.5, 0.6) is 11.5 Å². The fourth-order valence-corrected chi connectivity index (χ4v) is 1.59. The zero-order chi connectivity index (χ0) is 13.0. The van der Waals surface area contributed by atoms with Gasteiger partial charge < -0.3 is 15.2 Å². The number of benzene rings is 2. The minimum atomic E-state index is -0.271. The van der Waals surface area contributed by atoms with E-state index in [2.05, 4.69) is 5.32 Å². The minimum Gasteiger partial charge on any atom is -0.507 e. The largest absolute Gasteiger partial charge is 0.507 e. The zero-order valence-electron chi connectivity index (χ0n) is 9.98. The number of nitrogens with one attached hydrogen (secondary N) is 1. The second kappa shape index (κ2) is 5.40. The molecule has 0 bridgehead atoms.